The van der Waals surface area contributed by atoms with E-state index in [0.717, 1.165) is 6.42 Å². The normalized spacial score (nSPS) is 31.1. The third-order valence-electron chi connectivity index (χ3n) is 7.97. The minimum Gasteiger partial charge on any atom is -0.450 e. The minimum atomic E-state index is -0.912. The van der Waals surface area contributed by atoms with Gasteiger partial charge in [0.25, 0.3) is 0 Å². The predicted octanol–water partition coefficient (Wildman–Crippen LogP) is 4.06. The Hall–Kier alpha value is -3.54. The van der Waals surface area contributed by atoms with Gasteiger partial charge in [0.15, 0.2) is 6.10 Å². The van der Waals surface area contributed by atoms with E-state index in [4.69, 9.17) is 4.74 Å². The number of allylic oxidation sites excluding steroid dienone is 2. The molecule has 7 atom stereocenters. The minimum absolute atomic E-state index is 0.143. The van der Waals surface area contributed by atoms with Gasteiger partial charge >= 0.3 is 5.97 Å². The summed E-state index contributed by atoms with van der Waals surface area (Å²) in [6, 6.07) is 15.1. The van der Waals surface area contributed by atoms with Gasteiger partial charge in [0.1, 0.15) is 0 Å². The number of ketones is 1. The molecule has 4 aliphatic carbocycles. The van der Waals surface area contributed by atoms with E-state index in [-0.39, 0.29) is 46.8 Å². The van der Waals surface area contributed by atoms with Gasteiger partial charge in [0, 0.05) is 5.56 Å². The summed E-state index contributed by atoms with van der Waals surface area (Å²) in [4.78, 5) is 53.7. The highest BCUT2D eigenvalue weighted by atomic mass is 16.5. The van der Waals surface area contributed by atoms with E-state index >= 15 is 0 Å². The maximum absolute atomic E-state index is 13.4. The molecule has 7 rings (SSSR count). The fraction of sp³-hybridized carbons (Fsp3) is 0.357. The maximum atomic E-state index is 13.4. The number of ether oxygens (including phenoxy) is 1. The zero-order chi connectivity index (χ0) is 23.6. The Labute approximate surface area is 197 Å². The second kappa shape index (κ2) is 7.76. The number of Topliss-reactive ketones (excluding diaryl/α,β-unsaturated/α-hetero) is 1. The van der Waals surface area contributed by atoms with E-state index in [0.29, 0.717) is 29.5 Å². The number of amides is 2. The lowest BCUT2D eigenvalue weighted by atomic mass is 9.63. The van der Waals surface area contributed by atoms with Crippen LogP contribution in [0, 0.1) is 35.5 Å². The van der Waals surface area contributed by atoms with Crippen LogP contribution in [0.2, 0.25) is 0 Å². The molecule has 2 amide bonds. The van der Waals surface area contributed by atoms with Crippen molar-refractivity contribution in [1.82, 2.24) is 0 Å². The van der Waals surface area contributed by atoms with Gasteiger partial charge < -0.3 is 4.74 Å². The summed E-state index contributed by atoms with van der Waals surface area (Å²) in [5.74, 6) is -0.505. The van der Waals surface area contributed by atoms with Crippen molar-refractivity contribution in [3.8, 4) is 0 Å². The molecular weight excluding hydrogens is 430 g/mol. The lowest BCUT2D eigenvalue weighted by Gasteiger charge is -2.37. The van der Waals surface area contributed by atoms with Crippen LogP contribution >= 0.6 is 0 Å². The van der Waals surface area contributed by atoms with Crippen molar-refractivity contribution in [3.05, 3.63) is 77.9 Å². The summed E-state index contributed by atoms with van der Waals surface area (Å²) in [6.45, 7) is 1.78. The van der Waals surface area contributed by atoms with Crippen molar-refractivity contribution in [1.29, 1.82) is 0 Å². The number of hydrogen-bond acceptors (Lipinski definition) is 5. The third-order valence-corrected chi connectivity index (χ3v) is 7.97. The van der Waals surface area contributed by atoms with Gasteiger partial charge in [-0.1, -0.05) is 55.5 Å². The van der Waals surface area contributed by atoms with Crippen molar-refractivity contribution in [2.75, 3.05) is 4.90 Å². The van der Waals surface area contributed by atoms with Gasteiger partial charge in [0.2, 0.25) is 17.6 Å². The highest BCUT2D eigenvalue weighted by Gasteiger charge is 2.67. The molecule has 0 spiro atoms. The van der Waals surface area contributed by atoms with Crippen LogP contribution in [0.1, 0.15) is 40.5 Å². The van der Waals surface area contributed by atoms with E-state index in [1.165, 1.54) is 11.0 Å². The Balaban J connectivity index is 1.23. The fourth-order valence-electron chi connectivity index (χ4n) is 6.29. The fourth-order valence-corrected chi connectivity index (χ4v) is 6.29. The molecule has 0 radical (unpaired) electrons. The number of anilines is 1. The molecule has 3 fully saturated rings. The van der Waals surface area contributed by atoms with Crippen molar-refractivity contribution in [2.45, 2.75) is 25.9 Å². The first-order valence-corrected chi connectivity index (χ1v) is 12.0. The third kappa shape index (κ3) is 3.08. The maximum Gasteiger partial charge on any atom is 0.338 e. The van der Waals surface area contributed by atoms with Crippen LogP contribution in [0.15, 0.2) is 66.7 Å². The van der Waals surface area contributed by atoms with E-state index in [1.54, 1.807) is 49.4 Å². The standard InChI is InChI=1S/C28H25NO5/c1-2-22(25(30)15-7-4-3-5-8-15)34-28(33)16-9-6-10-17(13-16)29-26(31)23-18-11-12-19(21-14-20(18)21)24(23)27(29)32/h3-13,18-24H,2,14H2,1H3/t18-,19-,20-,21+,22+,23+,24-/m1/s1. The molecule has 34 heavy (non-hydrogen) atoms. The first kappa shape index (κ1) is 21.0. The highest BCUT2D eigenvalue weighted by Crippen LogP contribution is 2.65. The number of carbonyl (C=O) groups excluding carboxylic acids is 4. The molecule has 2 saturated carbocycles. The van der Waals surface area contributed by atoms with E-state index < -0.39 is 12.1 Å². The average Bonchev–Trinajstić information content (AvgIpc) is 3.65. The van der Waals surface area contributed by atoms with E-state index in [9.17, 15) is 19.2 Å². The zero-order valence-electron chi connectivity index (χ0n) is 18.8. The second-order valence-electron chi connectivity index (χ2n) is 9.75. The van der Waals surface area contributed by atoms with Gasteiger partial charge in [-0.15, -0.1) is 0 Å². The topological polar surface area (TPSA) is 80.8 Å². The summed E-state index contributed by atoms with van der Waals surface area (Å²) >= 11 is 0. The number of nitrogens with zero attached hydrogens (tertiary/aromatic N) is 1. The van der Waals surface area contributed by atoms with Gasteiger partial charge in [-0.2, -0.15) is 0 Å². The largest absolute Gasteiger partial charge is 0.450 e. The summed E-state index contributed by atoms with van der Waals surface area (Å²) in [6.07, 6.45) is 4.81. The summed E-state index contributed by atoms with van der Waals surface area (Å²) in [5.41, 5.74) is 1.07. The lowest BCUT2D eigenvalue weighted by Crippen LogP contribution is -2.40. The van der Waals surface area contributed by atoms with Gasteiger partial charge in [-0.05, 0) is 54.7 Å². The van der Waals surface area contributed by atoms with Crippen LogP contribution in [0.3, 0.4) is 0 Å². The summed E-state index contributed by atoms with van der Waals surface area (Å²) < 4.78 is 5.54. The Bertz CT molecular complexity index is 1200. The molecule has 0 unspecified atom stereocenters. The summed E-state index contributed by atoms with van der Waals surface area (Å²) in [5, 5.41) is 0. The molecule has 2 bridgehead atoms. The van der Waals surface area contributed by atoms with E-state index in [1.807, 2.05) is 6.07 Å². The Morgan fingerprint density at radius 1 is 0.912 bits per heavy atom. The number of imide groups is 1. The first-order chi connectivity index (χ1) is 16.5. The van der Waals surface area contributed by atoms with E-state index in [2.05, 4.69) is 12.2 Å². The molecule has 5 aliphatic rings. The van der Waals surface area contributed by atoms with Crippen LogP contribution in [0.5, 0.6) is 0 Å². The molecule has 0 N–H and O–H groups in total. The average molecular weight is 456 g/mol. The molecule has 172 valence electrons. The van der Waals surface area contributed by atoms with Crippen LogP contribution in [0.4, 0.5) is 5.69 Å². The summed E-state index contributed by atoms with van der Waals surface area (Å²) in [7, 11) is 0. The molecule has 0 aromatic heterocycles. The van der Waals surface area contributed by atoms with Crippen molar-refractivity contribution < 1.29 is 23.9 Å². The molecule has 6 nitrogen and oxygen atoms in total. The van der Waals surface area contributed by atoms with Crippen molar-refractivity contribution >= 4 is 29.3 Å². The molecule has 1 aliphatic heterocycles. The number of esters is 1. The number of carbonyl (C=O) groups is 4. The monoisotopic (exact) mass is 455 g/mol. The molecule has 6 heteroatoms. The van der Waals surface area contributed by atoms with Crippen LogP contribution < -0.4 is 4.90 Å². The Morgan fingerprint density at radius 3 is 2.15 bits per heavy atom. The van der Waals surface area contributed by atoms with Crippen LogP contribution in [-0.2, 0) is 14.3 Å². The predicted molar refractivity (Wildman–Crippen MR) is 124 cm³/mol. The van der Waals surface area contributed by atoms with Crippen molar-refractivity contribution in [3.63, 3.8) is 0 Å². The van der Waals surface area contributed by atoms with Crippen molar-refractivity contribution in [2.24, 2.45) is 35.5 Å². The molecule has 2 aromatic rings. The second-order valence-corrected chi connectivity index (χ2v) is 9.75. The van der Waals surface area contributed by atoms with Crippen LogP contribution in [-0.4, -0.2) is 29.7 Å². The molecular formula is C28H25NO5. The lowest BCUT2D eigenvalue weighted by molar-refractivity contribution is -0.124. The SMILES string of the molecule is CC[C@H](OC(=O)c1cccc(N2C(=O)[C@@H]3[C@@H]4C=C[C@H]([C@H]5C[C@@H]45)[C@@H]3C2=O)c1)C(=O)c1ccccc1. The number of rotatable bonds is 6. The molecule has 2 aromatic carbocycles. The van der Waals surface area contributed by atoms with Gasteiger partial charge in [-0.3, -0.25) is 14.4 Å². The smallest absolute Gasteiger partial charge is 0.338 e. The van der Waals surface area contributed by atoms with Gasteiger partial charge in [-0.25, -0.2) is 9.69 Å². The highest BCUT2D eigenvalue weighted by molar-refractivity contribution is 6.23. The zero-order valence-corrected chi connectivity index (χ0v) is 18.8. The Kier molecular flexibility index (Phi) is 4.80. The quantitative estimate of drug-likeness (QED) is 0.284. The number of benzene rings is 2. The Morgan fingerprint density at radius 2 is 1.53 bits per heavy atom. The number of hydrogen-bond donors (Lipinski definition) is 0. The van der Waals surface area contributed by atoms with Crippen LogP contribution in [0.25, 0.3) is 0 Å². The first-order valence-electron chi connectivity index (χ1n) is 12.0. The molecule has 1 saturated heterocycles. The molecule has 1 heterocycles. The van der Waals surface area contributed by atoms with Gasteiger partial charge in [0.05, 0.1) is 23.1 Å².